The Morgan fingerprint density at radius 2 is 1.54 bits per heavy atom. The van der Waals surface area contributed by atoms with Crippen LogP contribution in [0.3, 0.4) is 0 Å². The van der Waals surface area contributed by atoms with Gasteiger partial charge >= 0.3 is 12.5 Å². The Kier molecular flexibility index (Phi) is 5.08. The number of alkyl halides is 6. The standard InChI is InChI=1S/C16H13F6NO/c17-15(18,19)11-5-6-12(10(9-11)7-8-23)13-3-1-2-4-14(13)24-16(20,21)22/h1-6,9H,7-8,23H2. The molecule has 8 heteroatoms. The lowest BCUT2D eigenvalue weighted by Crippen LogP contribution is -2.17. The van der Waals surface area contributed by atoms with E-state index in [-0.39, 0.29) is 29.7 Å². The first kappa shape index (κ1) is 18.1. The van der Waals surface area contributed by atoms with Crippen molar-refractivity contribution in [3.05, 3.63) is 53.6 Å². The monoisotopic (exact) mass is 349 g/mol. The van der Waals surface area contributed by atoms with Crippen LogP contribution in [0, 0.1) is 0 Å². The molecule has 0 unspecified atom stereocenters. The van der Waals surface area contributed by atoms with E-state index in [0.29, 0.717) is 0 Å². The average molecular weight is 349 g/mol. The Balaban J connectivity index is 2.56. The quantitative estimate of drug-likeness (QED) is 0.807. The van der Waals surface area contributed by atoms with Gasteiger partial charge in [-0.2, -0.15) is 13.2 Å². The minimum absolute atomic E-state index is 0.0481. The maximum Gasteiger partial charge on any atom is 0.573 e. The topological polar surface area (TPSA) is 35.2 Å². The van der Waals surface area contributed by atoms with Crippen LogP contribution in [0.4, 0.5) is 26.3 Å². The molecular weight excluding hydrogens is 336 g/mol. The molecule has 2 rings (SSSR count). The molecule has 0 aliphatic rings. The molecule has 2 N–H and O–H groups in total. The molecule has 0 heterocycles. The second-order valence-corrected chi connectivity index (χ2v) is 4.95. The van der Waals surface area contributed by atoms with Gasteiger partial charge in [-0.25, -0.2) is 0 Å². The Morgan fingerprint density at radius 3 is 2.12 bits per heavy atom. The van der Waals surface area contributed by atoms with Crippen LogP contribution in [0.25, 0.3) is 11.1 Å². The van der Waals surface area contributed by atoms with E-state index < -0.39 is 23.9 Å². The molecule has 0 bridgehead atoms. The third kappa shape index (κ3) is 4.41. The Bertz CT molecular complexity index is 708. The fourth-order valence-electron chi connectivity index (χ4n) is 2.30. The molecule has 0 aliphatic carbocycles. The van der Waals surface area contributed by atoms with Crippen LogP contribution >= 0.6 is 0 Å². The first-order valence-electron chi connectivity index (χ1n) is 6.87. The van der Waals surface area contributed by atoms with Crippen LogP contribution in [0.5, 0.6) is 5.75 Å². The molecule has 0 radical (unpaired) electrons. The van der Waals surface area contributed by atoms with Crippen LogP contribution in [0.2, 0.25) is 0 Å². The SMILES string of the molecule is NCCc1cc(C(F)(F)F)ccc1-c1ccccc1OC(F)(F)F. The molecule has 130 valence electrons. The van der Waals surface area contributed by atoms with Crippen molar-refractivity contribution in [2.24, 2.45) is 5.73 Å². The Morgan fingerprint density at radius 1 is 0.875 bits per heavy atom. The van der Waals surface area contributed by atoms with Crippen molar-refractivity contribution in [3.8, 4) is 16.9 Å². The number of ether oxygens (including phenoxy) is 1. The summed E-state index contributed by atoms with van der Waals surface area (Å²) in [6.07, 6.45) is -9.38. The van der Waals surface area contributed by atoms with E-state index in [0.717, 1.165) is 24.3 Å². The normalized spacial score (nSPS) is 12.3. The first-order chi connectivity index (χ1) is 11.1. The first-order valence-corrected chi connectivity index (χ1v) is 6.87. The van der Waals surface area contributed by atoms with Gasteiger partial charge in [0.25, 0.3) is 0 Å². The van der Waals surface area contributed by atoms with Crippen LogP contribution in [0.1, 0.15) is 11.1 Å². The molecule has 0 amide bonds. The summed E-state index contributed by atoms with van der Waals surface area (Å²) in [7, 11) is 0. The summed E-state index contributed by atoms with van der Waals surface area (Å²) in [5.74, 6) is -0.483. The van der Waals surface area contributed by atoms with Crippen molar-refractivity contribution in [2.75, 3.05) is 6.54 Å². The van der Waals surface area contributed by atoms with E-state index in [1.165, 1.54) is 18.2 Å². The van der Waals surface area contributed by atoms with Gasteiger partial charge in [-0.3, -0.25) is 0 Å². The van der Waals surface area contributed by atoms with Gasteiger partial charge in [-0.1, -0.05) is 24.3 Å². The van der Waals surface area contributed by atoms with Gasteiger partial charge in [0.05, 0.1) is 5.56 Å². The van der Waals surface area contributed by atoms with Crippen LogP contribution in [-0.4, -0.2) is 12.9 Å². The fraction of sp³-hybridized carbons (Fsp3) is 0.250. The zero-order chi connectivity index (χ0) is 18.0. The van der Waals surface area contributed by atoms with E-state index in [9.17, 15) is 26.3 Å². The molecule has 0 fully saturated rings. The van der Waals surface area contributed by atoms with Gasteiger partial charge in [0.2, 0.25) is 0 Å². The summed E-state index contributed by atoms with van der Waals surface area (Å²) >= 11 is 0. The summed E-state index contributed by atoms with van der Waals surface area (Å²) in [6, 6.07) is 8.12. The number of halogens is 6. The minimum atomic E-state index is -4.91. The maximum absolute atomic E-state index is 12.8. The van der Waals surface area contributed by atoms with Gasteiger partial charge in [-0.15, -0.1) is 13.2 Å². The summed E-state index contributed by atoms with van der Waals surface area (Å²) < 4.78 is 80.0. The van der Waals surface area contributed by atoms with E-state index in [1.54, 1.807) is 0 Å². The molecule has 2 aromatic carbocycles. The highest BCUT2D eigenvalue weighted by Gasteiger charge is 2.33. The lowest BCUT2D eigenvalue weighted by Gasteiger charge is -2.17. The largest absolute Gasteiger partial charge is 0.573 e. The summed E-state index contributed by atoms with van der Waals surface area (Å²) in [4.78, 5) is 0. The number of nitrogens with two attached hydrogens (primary N) is 1. The van der Waals surface area contributed by atoms with E-state index >= 15 is 0 Å². The molecule has 2 aromatic rings. The number of rotatable bonds is 4. The fourth-order valence-corrected chi connectivity index (χ4v) is 2.30. The van der Waals surface area contributed by atoms with Gasteiger partial charge in [-0.05, 0) is 42.3 Å². The van der Waals surface area contributed by atoms with E-state index in [1.807, 2.05) is 0 Å². The molecule has 0 saturated carbocycles. The molecule has 0 aromatic heterocycles. The predicted octanol–water partition coefficient (Wildman–Crippen LogP) is 4.77. The van der Waals surface area contributed by atoms with Crippen molar-refractivity contribution in [1.82, 2.24) is 0 Å². The minimum Gasteiger partial charge on any atom is -0.405 e. The van der Waals surface area contributed by atoms with E-state index in [2.05, 4.69) is 4.74 Å². The Hall–Kier alpha value is -2.22. The maximum atomic E-state index is 12.8. The van der Waals surface area contributed by atoms with Crippen LogP contribution in [-0.2, 0) is 12.6 Å². The molecule has 2 nitrogen and oxygen atoms in total. The highest BCUT2D eigenvalue weighted by atomic mass is 19.4. The van der Waals surface area contributed by atoms with Crippen molar-refractivity contribution < 1.29 is 31.1 Å². The molecule has 0 saturated heterocycles. The second kappa shape index (κ2) is 6.72. The van der Waals surface area contributed by atoms with Gasteiger partial charge < -0.3 is 10.5 Å². The zero-order valence-corrected chi connectivity index (χ0v) is 12.2. The second-order valence-electron chi connectivity index (χ2n) is 4.95. The van der Waals surface area contributed by atoms with Crippen molar-refractivity contribution in [1.29, 1.82) is 0 Å². The lowest BCUT2D eigenvalue weighted by molar-refractivity contribution is -0.274. The summed E-state index contributed by atoms with van der Waals surface area (Å²) in [5.41, 5.74) is 4.99. The van der Waals surface area contributed by atoms with Gasteiger partial charge in [0.15, 0.2) is 0 Å². The van der Waals surface area contributed by atoms with E-state index in [4.69, 9.17) is 5.73 Å². The molecule has 0 spiro atoms. The van der Waals surface area contributed by atoms with Crippen molar-refractivity contribution in [3.63, 3.8) is 0 Å². The molecular formula is C16H13F6NO. The van der Waals surface area contributed by atoms with Crippen molar-refractivity contribution >= 4 is 0 Å². The number of para-hydroxylation sites is 1. The molecule has 0 aliphatic heterocycles. The van der Waals surface area contributed by atoms with Crippen LogP contribution < -0.4 is 10.5 Å². The van der Waals surface area contributed by atoms with Crippen LogP contribution in [0.15, 0.2) is 42.5 Å². The number of hydrogen-bond acceptors (Lipinski definition) is 2. The van der Waals surface area contributed by atoms with Gasteiger partial charge in [0, 0.05) is 5.56 Å². The highest BCUT2D eigenvalue weighted by Crippen LogP contribution is 2.38. The number of hydrogen-bond donors (Lipinski definition) is 1. The summed E-state index contributed by atoms with van der Waals surface area (Å²) in [5, 5.41) is 0. The predicted molar refractivity (Wildman–Crippen MR) is 76.3 cm³/mol. The smallest absolute Gasteiger partial charge is 0.405 e. The number of benzene rings is 2. The molecule has 0 atom stereocenters. The third-order valence-electron chi connectivity index (χ3n) is 3.25. The Labute approximate surface area is 133 Å². The average Bonchev–Trinajstić information content (AvgIpc) is 2.46. The third-order valence-corrected chi connectivity index (χ3v) is 3.25. The molecule has 24 heavy (non-hydrogen) atoms. The highest BCUT2D eigenvalue weighted by molar-refractivity contribution is 5.74. The zero-order valence-electron chi connectivity index (χ0n) is 12.2. The van der Waals surface area contributed by atoms with Gasteiger partial charge in [0.1, 0.15) is 5.75 Å². The van der Waals surface area contributed by atoms with Crippen molar-refractivity contribution in [2.45, 2.75) is 19.0 Å². The lowest BCUT2D eigenvalue weighted by atomic mass is 9.95. The summed E-state index contributed by atoms with van der Waals surface area (Å²) in [6.45, 7) is 0.0522.